The zero-order valence-electron chi connectivity index (χ0n) is 14.5. The van der Waals surface area contributed by atoms with Gasteiger partial charge in [-0.3, -0.25) is 4.79 Å². The lowest BCUT2D eigenvalue weighted by molar-refractivity contribution is -0.140. The Morgan fingerprint density at radius 2 is 2.04 bits per heavy atom. The molecule has 2 bridgehead atoms. The number of carbonyl (C=O) groups excluding carboxylic acids is 2. The fraction of sp³-hybridized carbons (Fsp3) is 0.579. The van der Waals surface area contributed by atoms with Gasteiger partial charge in [0.25, 0.3) is 0 Å². The first-order valence-corrected chi connectivity index (χ1v) is 9.51. The van der Waals surface area contributed by atoms with Crippen molar-refractivity contribution in [3.05, 3.63) is 28.8 Å². The van der Waals surface area contributed by atoms with E-state index in [-0.39, 0.29) is 23.9 Å². The Morgan fingerprint density at radius 3 is 2.76 bits per heavy atom. The highest BCUT2D eigenvalue weighted by molar-refractivity contribution is 6.30. The molecule has 0 unspecified atom stereocenters. The summed E-state index contributed by atoms with van der Waals surface area (Å²) in [5, 5.41) is 3.64. The van der Waals surface area contributed by atoms with Crippen molar-refractivity contribution in [1.82, 2.24) is 9.80 Å². The zero-order chi connectivity index (χ0) is 17.6. The third-order valence-corrected chi connectivity index (χ3v) is 5.90. The standard InChI is InChI=1S/C19H24ClN3O2/c1-12-8-15(20)5-7-17(12)21-19(25)22-10-14-4-6-16(11-22)23(18(14)24)9-13-2-3-13/h5,7-8,13-14,16H,2-4,6,9-11H2,1H3,(H,21,25)/t14-,16+/m0/s1. The van der Waals surface area contributed by atoms with E-state index in [2.05, 4.69) is 10.2 Å². The van der Waals surface area contributed by atoms with Crippen molar-refractivity contribution in [1.29, 1.82) is 0 Å². The molecule has 5 nitrogen and oxygen atoms in total. The molecule has 3 saturated heterocycles. The maximum atomic E-state index is 12.8. The van der Waals surface area contributed by atoms with E-state index in [1.165, 1.54) is 12.8 Å². The summed E-state index contributed by atoms with van der Waals surface area (Å²) >= 11 is 5.98. The number of benzene rings is 1. The predicted octanol–water partition coefficient (Wildman–Crippen LogP) is 3.51. The Bertz CT molecular complexity index is 704. The molecule has 2 atom stereocenters. The van der Waals surface area contributed by atoms with Gasteiger partial charge in [0, 0.05) is 36.4 Å². The summed E-state index contributed by atoms with van der Waals surface area (Å²) in [4.78, 5) is 29.4. The van der Waals surface area contributed by atoms with Crippen molar-refractivity contribution in [3.63, 3.8) is 0 Å². The van der Waals surface area contributed by atoms with E-state index >= 15 is 0 Å². The number of nitrogens with one attached hydrogen (secondary N) is 1. The Morgan fingerprint density at radius 1 is 1.24 bits per heavy atom. The second kappa shape index (κ2) is 6.52. The molecule has 4 fully saturated rings. The molecule has 3 amide bonds. The highest BCUT2D eigenvalue weighted by Gasteiger charge is 2.43. The van der Waals surface area contributed by atoms with Crippen molar-refractivity contribution in [2.45, 2.75) is 38.6 Å². The molecule has 3 aliphatic heterocycles. The second-order valence-electron chi connectivity index (χ2n) is 7.66. The molecule has 1 aromatic rings. The van der Waals surface area contributed by atoms with Gasteiger partial charge in [-0.05, 0) is 62.3 Å². The number of nitrogens with zero attached hydrogens (tertiary/aromatic N) is 2. The largest absolute Gasteiger partial charge is 0.337 e. The number of piperidine rings is 1. The average molecular weight is 362 g/mol. The van der Waals surface area contributed by atoms with Gasteiger partial charge < -0.3 is 15.1 Å². The molecule has 5 rings (SSSR count). The number of halogens is 1. The lowest BCUT2D eigenvalue weighted by Crippen LogP contribution is -2.49. The zero-order valence-corrected chi connectivity index (χ0v) is 15.3. The van der Waals surface area contributed by atoms with E-state index < -0.39 is 0 Å². The number of fused-ring (bicyclic) bond motifs is 4. The smallest absolute Gasteiger partial charge is 0.321 e. The highest BCUT2D eigenvalue weighted by Crippen LogP contribution is 2.35. The van der Waals surface area contributed by atoms with Crippen LogP contribution in [0.15, 0.2) is 18.2 Å². The SMILES string of the molecule is Cc1cc(Cl)ccc1NC(=O)N1C[C@@H]2CC[C@H](C1)N(CC1CC1)C2=O. The molecule has 1 N–H and O–H groups in total. The molecule has 134 valence electrons. The third-order valence-electron chi connectivity index (χ3n) is 5.66. The minimum Gasteiger partial charge on any atom is -0.337 e. The monoisotopic (exact) mass is 361 g/mol. The van der Waals surface area contributed by atoms with Crippen molar-refractivity contribution in [3.8, 4) is 0 Å². The summed E-state index contributed by atoms with van der Waals surface area (Å²) in [5.41, 5.74) is 1.71. The van der Waals surface area contributed by atoms with Crippen molar-refractivity contribution in [2.24, 2.45) is 11.8 Å². The van der Waals surface area contributed by atoms with Crippen LogP contribution in [-0.2, 0) is 4.79 Å². The summed E-state index contributed by atoms with van der Waals surface area (Å²) < 4.78 is 0. The van der Waals surface area contributed by atoms with Gasteiger partial charge in [-0.25, -0.2) is 4.79 Å². The lowest BCUT2D eigenvalue weighted by atomic mass is 9.94. The maximum Gasteiger partial charge on any atom is 0.321 e. The minimum atomic E-state index is -0.122. The molecule has 0 aromatic heterocycles. The summed E-state index contributed by atoms with van der Waals surface area (Å²) in [6.07, 6.45) is 4.38. The first-order chi connectivity index (χ1) is 12.0. The van der Waals surface area contributed by atoms with Crippen LogP contribution in [0.3, 0.4) is 0 Å². The van der Waals surface area contributed by atoms with Gasteiger partial charge in [-0.1, -0.05) is 11.6 Å². The van der Waals surface area contributed by atoms with Gasteiger partial charge >= 0.3 is 6.03 Å². The first kappa shape index (κ1) is 16.7. The van der Waals surface area contributed by atoms with E-state index in [0.717, 1.165) is 30.6 Å². The number of rotatable bonds is 3. The quantitative estimate of drug-likeness (QED) is 0.895. The molecule has 1 aliphatic carbocycles. The third kappa shape index (κ3) is 3.47. The van der Waals surface area contributed by atoms with Crippen LogP contribution in [0.25, 0.3) is 0 Å². The number of anilines is 1. The minimum absolute atomic E-state index is 0.0467. The predicted molar refractivity (Wildman–Crippen MR) is 97.7 cm³/mol. The van der Waals surface area contributed by atoms with Gasteiger partial charge in [0.05, 0.1) is 5.92 Å². The van der Waals surface area contributed by atoms with Gasteiger partial charge in [0.15, 0.2) is 0 Å². The van der Waals surface area contributed by atoms with Crippen LogP contribution >= 0.6 is 11.6 Å². The van der Waals surface area contributed by atoms with Crippen LogP contribution in [0.4, 0.5) is 10.5 Å². The Kier molecular flexibility index (Phi) is 4.36. The molecule has 25 heavy (non-hydrogen) atoms. The Balaban J connectivity index is 1.47. The lowest BCUT2D eigenvalue weighted by Gasteiger charge is -2.36. The van der Waals surface area contributed by atoms with Crippen LogP contribution in [0.2, 0.25) is 5.02 Å². The number of carbonyl (C=O) groups is 2. The molecule has 3 heterocycles. The van der Waals surface area contributed by atoms with E-state index in [1.54, 1.807) is 6.07 Å². The van der Waals surface area contributed by atoms with Crippen LogP contribution in [0, 0.1) is 18.8 Å². The molecule has 6 heteroatoms. The number of amides is 3. The average Bonchev–Trinajstić information content (AvgIpc) is 3.40. The van der Waals surface area contributed by atoms with Crippen molar-refractivity contribution in [2.75, 3.05) is 25.0 Å². The number of aryl methyl sites for hydroxylation is 1. The normalized spacial score (nSPS) is 25.9. The van der Waals surface area contributed by atoms with Crippen molar-refractivity contribution < 1.29 is 9.59 Å². The fourth-order valence-electron chi connectivity index (χ4n) is 3.99. The Hall–Kier alpha value is -1.75. The van der Waals surface area contributed by atoms with Gasteiger partial charge in [0.1, 0.15) is 0 Å². The van der Waals surface area contributed by atoms with Gasteiger partial charge in [-0.2, -0.15) is 0 Å². The summed E-state index contributed by atoms with van der Waals surface area (Å²) in [6.45, 7) is 3.96. The highest BCUT2D eigenvalue weighted by atomic mass is 35.5. The molecular weight excluding hydrogens is 338 g/mol. The topological polar surface area (TPSA) is 52.7 Å². The molecule has 1 aromatic carbocycles. The molecular formula is C19H24ClN3O2. The summed E-state index contributed by atoms with van der Waals surface area (Å²) in [5.74, 6) is 0.887. The Labute approximate surface area is 153 Å². The maximum absolute atomic E-state index is 12.8. The first-order valence-electron chi connectivity index (χ1n) is 9.14. The fourth-order valence-corrected chi connectivity index (χ4v) is 4.21. The molecule has 4 aliphatic rings. The molecule has 0 spiro atoms. The molecule has 1 saturated carbocycles. The van der Waals surface area contributed by atoms with Gasteiger partial charge in [-0.15, -0.1) is 0 Å². The van der Waals surface area contributed by atoms with E-state index in [9.17, 15) is 9.59 Å². The van der Waals surface area contributed by atoms with Crippen LogP contribution in [0.1, 0.15) is 31.2 Å². The van der Waals surface area contributed by atoms with E-state index in [0.29, 0.717) is 24.0 Å². The second-order valence-corrected chi connectivity index (χ2v) is 8.09. The number of urea groups is 1. The van der Waals surface area contributed by atoms with Crippen LogP contribution in [-0.4, -0.2) is 47.4 Å². The summed E-state index contributed by atoms with van der Waals surface area (Å²) in [7, 11) is 0. The van der Waals surface area contributed by atoms with E-state index in [4.69, 9.17) is 11.6 Å². The van der Waals surface area contributed by atoms with Crippen molar-refractivity contribution >= 4 is 29.2 Å². The number of hydrogen-bond donors (Lipinski definition) is 1. The van der Waals surface area contributed by atoms with Gasteiger partial charge in [0.2, 0.25) is 5.91 Å². The summed E-state index contributed by atoms with van der Waals surface area (Å²) in [6, 6.07) is 5.49. The van der Waals surface area contributed by atoms with Crippen LogP contribution in [0.5, 0.6) is 0 Å². The van der Waals surface area contributed by atoms with E-state index in [1.807, 2.05) is 24.0 Å². The van der Waals surface area contributed by atoms with Crippen LogP contribution < -0.4 is 5.32 Å². The number of hydrogen-bond acceptors (Lipinski definition) is 2. The molecule has 0 radical (unpaired) electrons.